The second-order valence-corrected chi connectivity index (χ2v) is 5.22. The topological polar surface area (TPSA) is 29.5 Å². The van der Waals surface area contributed by atoms with Gasteiger partial charge in [0.2, 0.25) is 0 Å². The molecule has 1 heterocycles. The van der Waals surface area contributed by atoms with E-state index in [4.69, 9.17) is 4.74 Å². The number of rotatable bonds is 4. The van der Waals surface area contributed by atoms with Crippen LogP contribution in [0.2, 0.25) is 0 Å². The van der Waals surface area contributed by atoms with E-state index in [1.165, 1.54) is 30.6 Å². The van der Waals surface area contributed by atoms with Crippen LogP contribution in [0.4, 0.5) is 13.2 Å². The average molecular weight is 302 g/mol. The van der Waals surface area contributed by atoms with Crippen LogP contribution >= 0.6 is 11.3 Å². The van der Waals surface area contributed by atoms with Crippen molar-refractivity contribution in [2.75, 3.05) is 7.11 Å². The Balaban J connectivity index is 2.10. The van der Waals surface area contributed by atoms with E-state index >= 15 is 0 Å². The van der Waals surface area contributed by atoms with Gasteiger partial charge in [-0.1, -0.05) is 12.1 Å². The summed E-state index contributed by atoms with van der Waals surface area (Å²) in [6, 6.07) is 6.55. The van der Waals surface area contributed by atoms with Gasteiger partial charge < -0.3 is 9.84 Å². The zero-order chi connectivity index (χ0) is 14.8. The molecular weight excluding hydrogens is 289 g/mol. The molecule has 0 spiro atoms. The molecule has 2 aromatic rings. The van der Waals surface area contributed by atoms with E-state index in [0.717, 1.165) is 12.1 Å². The largest absolute Gasteiger partial charge is 0.495 e. The normalized spacial score (nSPS) is 13.2. The van der Waals surface area contributed by atoms with Crippen LogP contribution in [0.15, 0.2) is 35.7 Å². The van der Waals surface area contributed by atoms with Crippen molar-refractivity contribution in [3.8, 4) is 5.75 Å². The fourth-order valence-corrected chi connectivity index (χ4v) is 2.71. The van der Waals surface area contributed by atoms with Crippen LogP contribution in [0, 0.1) is 0 Å². The van der Waals surface area contributed by atoms with E-state index < -0.39 is 17.8 Å². The highest BCUT2D eigenvalue weighted by molar-refractivity contribution is 7.10. The highest BCUT2D eigenvalue weighted by Crippen LogP contribution is 2.33. The van der Waals surface area contributed by atoms with Crippen molar-refractivity contribution in [3.05, 3.63) is 51.7 Å². The number of benzene rings is 1. The maximum absolute atomic E-state index is 12.4. The van der Waals surface area contributed by atoms with Crippen LogP contribution in [0.5, 0.6) is 5.75 Å². The molecule has 0 amide bonds. The predicted molar refractivity (Wildman–Crippen MR) is 71.0 cm³/mol. The standard InChI is InChI=1S/C14H13F3O2S/c1-19-12-6-7-20-13(12)11(18)8-9-2-4-10(5-3-9)14(15,16)17/h2-7,11,18H,8H2,1H3. The summed E-state index contributed by atoms with van der Waals surface area (Å²) in [5.74, 6) is 0.592. The van der Waals surface area contributed by atoms with E-state index in [2.05, 4.69) is 0 Å². The number of ether oxygens (including phenoxy) is 1. The van der Waals surface area contributed by atoms with Crippen LogP contribution in [0.1, 0.15) is 22.1 Å². The van der Waals surface area contributed by atoms with Gasteiger partial charge in [-0.05, 0) is 29.1 Å². The van der Waals surface area contributed by atoms with Gasteiger partial charge in [-0.3, -0.25) is 0 Å². The fourth-order valence-electron chi connectivity index (χ4n) is 1.87. The summed E-state index contributed by atoms with van der Waals surface area (Å²) in [6.45, 7) is 0. The Bertz CT molecular complexity index is 561. The van der Waals surface area contributed by atoms with Gasteiger partial charge in [-0.2, -0.15) is 13.2 Å². The fraction of sp³-hybridized carbons (Fsp3) is 0.286. The zero-order valence-corrected chi connectivity index (χ0v) is 11.5. The number of thiophene rings is 1. The van der Waals surface area contributed by atoms with E-state index in [1.807, 2.05) is 0 Å². The molecule has 2 rings (SSSR count). The van der Waals surface area contributed by atoms with Crippen LogP contribution in [-0.2, 0) is 12.6 Å². The van der Waals surface area contributed by atoms with Gasteiger partial charge in [0.25, 0.3) is 0 Å². The van der Waals surface area contributed by atoms with E-state index in [1.54, 1.807) is 11.4 Å². The van der Waals surface area contributed by atoms with Gasteiger partial charge in [0, 0.05) is 6.42 Å². The number of aliphatic hydroxyl groups excluding tert-OH is 1. The molecule has 1 N–H and O–H groups in total. The first kappa shape index (κ1) is 14.9. The summed E-state index contributed by atoms with van der Waals surface area (Å²) >= 11 is 1.35. The van der Waals surface area contributed by atoms with Gasteiger partial charge >= 0.3 is 6.18 Å². The Labute approximate surface area is 118 Å². The summed E-state index contributed by atoms with van der Waals surface area (Å²) in [7, 11) is 1.51. The monoisotopic (exact) mass is 302 g/mol. The van der Waals surface area contributed by atoms with E-state index in [0.29, 0.717) is 16.2 Å². The quantitative estimate of drug-likeness (QED) is 0.923. The summed E-state index contributed by atoms with van der Waals surface area (Å²) in [6.07, 6.45) is -4.88. The molecule has 6 heteroatoms. The van der Waals surface area contributed by atoms with Gasteiger partial charge in [0.1, 0.15) is 5.75 Å². The third-order valence-corrected chi connectivity index (χ3v) is 3.89. The van der Waals surface area contributed by atoms with Crippen molar-refractivity contribution in [3.63, 3.8) is 0 Å². The Kier molecular flexibility index (Phi) is 4.35. The molecule has 1 aromatic carbocycles. The molecule has 0 radical (unpaired) electrons. The van der Waals surface area contributed by atoms with Crippen molar-refractivity contribution in [2.45, 2.75) is 18.7 Å². The summed E-state index contributed by atoms with van der Waals surface area (Å²) < 4.78 is 42.4. The lowest BCUT2D eigenvalue weighted by Gasteiger charge is -2.12. The van der Waals surface area contributed by atoms with E-state index in [-0.39, 0.29) is 6.42 Å². The molecule has 1 atom stereocenters. The lowest BCUT2D eigenvalue weighted by atomic mass is 10.0. The van der Waals surface area contributed by atoms with Crippen molar-refractivity contribution in [1.29, 1.82) is 0 Å². The van der Waals surface area contributed by atoms with Crippen LogP contribution in [-0.4, -0.2) is 12.2 Å². The number of hydrogen-bond donors (Lipinski definition) is 1. The Morgan fingerprint density at radius 2 is 1.85 bits per heavy atom. The third kappa shape index (κ3) is 3.32. The highest BCUT2D eigenvalue weighted by atomic mass is 32.1. The highest BCUT2D eigenvalue weighted by Gasteiger charge is 2.30. The molecule has 0 aliphatic carbocycles. The number of halogens is 3. The summed E-state index contributed by atoms with van der Waals surface area (Å²) in [4.78, 5) is 0.674. The summed E-state index contributed by atoms with van der Waals surface area (Å²) in [5.41, 5.74) is -0.0506. The maximum Gasteiger partial charge on any atom is 0.416 e. The minimum absolute atomic E-state index is 0.245. The molecule has 0 saturated carbocycles. The molecule has 0 fully saturated rings. The van der Waals surface area contributed by atoms with Crippen LogP contribution in [0.25, 0.3) is 0 Å². The lowest BCUT2D eigenvalue weighted by Crippen LogP contribution is -2.06. The molecule has 2 nitrogen and oxygen atoms in total. The Morgan fingerprint density at radius 1 is 1.20 bits per heavy atom. The van der Waals surface area contributed by atoms with Gasteiger partial charge in [-0.25, -0.2) is 0 Å². The molecule has 108 valence electrons. The predicted octanol–water partition coefficient (Wildman–Crippen LogP) is 4.05. The number of methoxy groups -OCH3 is 1. The third-order valence-electron chi connectivity index (χ3n) is 2.89. The number of aliphatic hydroxyl groups is 1. The number of alkyl halides is 3. The first-order valence-electron chi connectivity index (χ1n) is 5.87. The smallest absolute Gasteiger partial charge is 0.416 e. The van der Waals surface area contributed by atoms with Crippen molar-refractivity contribution < 1.29 is 23.0 Å². The minimum Gasteiger partial charge on any atom is -0.495 e. The van der Waals surface area contributed by atoms with E-state index in [9.17, 15) is 18.3 Å². The number of hydrogen-bond acceptors (Lipinski definition) is 3. The SMILES string of the molecule is COc1ccsc1C(O)Cc1ccc(C(F)(F)F)cc1. The molecule has 0 bridgehead atoms. The van der Waals surface area contributed by atoms with Gasteiger partial charge in [0.15, 0.2) is 0 Å². The lowest BCUT2D eigenvalue weighted by molar-refractivity contribution is -0.137. The Hall–Kier alpha value is -1.53. The van der Waals surface area contributed by atoms with Crippen molar-refractivity contribution >= 4 is 11.3 Å². The van der Waals surface area contributed by atoms with Crippen molar-refractivity contribution in [1.82, 2.24) is 0 Å². The van der Waals surface area contributed by atoms with Crippen LogP contribution in [0.3, 0.4) is 0 Å². The van der Waals surface area contributed by atoms with Crippen molar-refractivity contribution in [2.24, 2.45) is 0 Å². The molecule has 20 heavy (non-hydrogen) atoms. The zero-order valence-electron chi connectivity index (χ0n) is 10.6. The second-order valence-electron chi connectivity index (χ2n) is 4.27. The first-order valence-corrected chi connectivity index (χ1v) is 6.75. The molecule has 1 aromatic heterocycles. The molecule has 0 aliphatic heterocycles. The first-order chi connectivity index (χ1) is 9.41. The second kappa shape index (κ2) is 5.85. The summed E-state index contributed by atoms with van der Waals surface area (Å²) in [5, 5.41) is 11.9. The van der Waals surface area contributed by atoms with Gasteiger partial charge in [-0.15, -0.1) is 11.3 Å². The Morgan fingerprint density at radius 3 is 2.40 bits per heavy atom. The molecule has 1 unspecified atom stereocenters. The van der Waals surface area contributed by atoms with Crippen LogP contribution < -0.4 is 4.74 Å². The maximum atomic E-state index is 12.4. The molecule has 0 aliphatic rings. The minimum atomic E-state index is -4.34. The van der Waals surface area contributed by atoms with Gasteiger partial charge in [0.05, 0.1) is 23.7 Å². The molecular formula is C14H13F3O2S. The average Bonchev–Trinajstić information content (AvgIpc) is 2.86. The molecule has 0 saturated heterocycles.